The van der Waals surface area contributed by atoms with Crippen molar-refractivity contribution in [2.45, 2.75) is 23.6 Å². The highest BCUT2D eigenvalue weighted by atomic mass is 35.5. The van der Waals surface area contributed by atoms with Crippen molar-refractivity contribution in [3.8, 4) is 17.4 Å². The van der Waals surface area contributed by atoms with E-state index in [1.807, 2.05) is 7.05 Å². The topological polar surface area (TPSA) is 80.8 Å². The highest BCUT2D eigenvalue weighted by molar-refractivity contribution is 7.92. The lowest BCUT2D eigenvalue weighted by molar-refractivity contribution is -0.137. The SMILES string of the molecule is CN1CC[C@@H](Oc2cc(NS(=O)(=O)c3ccc(Oc4ncc(C(F)(F)F)cc4Cl)cc3)ccc2Cl)C1. The number of hydrogen-bond donors (Lipinski definition) is 1. The molecule has 0 bridgehead atoms. The fourth-order valence-electron chi connectivity index (χ4n) is 3.50. The van der Waals surface area contributed by atoms with Gasteiger partial charge < -0.3 is 14.4 Å². The Morgan fingerprint density at radius 3 is 2.42 bits per heavy atom. The Morgan fingerprint density at radius 1 is 1.08 bits per heavy atom. The van der Waals surface area contributed by atoms with Gasteiger partial charge in [0.05, 0.1) is 21.2 Å². The molecule has 36 heavy (non-hydrogen) atoms. The van der Waals surface area contributed by atoms with Gasteiger partial charge in [-0.2, -0.15) is 13.2 Å². The smallest absolute Gasteiger partial charge is 0.417 e. The quantitative estimate of drug-likeness (QED) is 0.376. The number of nitrogens with zero attached hydrogens (tertiary/aromatic N) is 2. The molecule has 2 aromatic carbocycles. The molecule has 2 heterocycles. The van der Waals surface area contributed by atoms with Crippen LogP contribution in [-0.4, -0.2) is 44.5 Å². The number of nitrogens with one attached hydrogen (secondary N) is 1. The zero-order valence-corrected chi connectivity index (χ0v) is 21.0. The summed E-state index contributed by atoms with van der Waals surface area (Å²) in [6.45, 7) is 1.64. The normalized spacial score (nSPS) is 16.7. The third-order valence-corrected chi connectivity index (χ3v) is 7.29. The summed E-state index contributed by atoms with van der Waals surface area (Å²) in [4.78, 5) is 5.65. The van der Waals surface area contributed by atoms with Gasteiger partial charge in [0.25, 0.3) is 10.0 Å². The van der Waals surface area contributed by atoms with E-state index in [0.29, 0.717) is 23.0 Å². The maximum Gasteiger partial charge on any atom is 0.417 e. The monoisotopic (exact) mass is 561 g/mol. The lowest BCUT2D eigenvalue weighted by Gasteiger charge is -2.16. The van der Waals surface area contributed by atoms with Crippen LogP contribution in [0.5, 0.6) is 17.4 Å². The Bertz CT molecular complexity index is 1360. The maximum absolute atomic E-state index is 12.9. The number of benzene rings is 2. The van der Waals surface area contributed by atoms with Crippen LogP contribution in [-0.2, 0) is 16.2 Å². The molecule has 1 N–H and O–H groups in total. The average Bonchev–Trinajstić information content (AvgIpc) is 3.21. The molecule has 192 valence electrons. The highest BCUT2D eigenvalue weighted by Crippen LogP contribution is 2.35. The first-order valence-electron chi connectivity index (χ1n) is 10.6. The number of rotatable bonds is 7. The largest absolute Gasteiger partial charge is 0.487 e. The Balaban J connectivity index is 1.45. The standard InChI is InChI=1S/C23H20Cl2F3N3O4S/c1-31-9-8-17(13-31)34-21-11-15(2-7-19(21)24)30-36(32,33)18-5-3-16(4-6-18)35-22-20(25)10-14(12-29-22)23(26,27)28/h2-7,10-12,17,30H,8-9,13H2,1H3/t17-/m1/s1. The number of hydrogen-bond acceptors (Lipinski definition) is 6. The highest BCUT2D eigenvalue weighted by Gasteiger charge is 2.32. The van der Waals surface area contributed by atoms with Crippen LogP contribution in [0.25, 0.3) is 0 Å². The van der Waals surface area contributed by atoms with Gasteiger partial charge in [0.1, 0.15) is 22.6 Å². The molecule has 13 heteroatoms. The summed E-state index contributed by atoms with van der Waals surface area (Å²) in [5.41, 5.74) is -0.750. The van der Waals surface area contributed by atoms with Crippen molar-refractivity contribution in [1.29, 1.82) is 0 Å². The predicted octanol–water partition coefficient (Wildman–Crippen LogP) is 6.08. The third kappa shape index (κ3) is 6.33. The van der Waals surface area contributed by atoms with Crippen molar-refractivity contribution >= 4 is 38.9 Å². The van der Waals surface area contributed by atoms with Crippen LogP contribution in [0.1, 0.15) is 12.0 Å². The van der Waals surface area contributed by atoms with Crippen LogP contribution < -0.4 is 14.2 Å². The molecule has 4 rings (SSSR count). The summed E-state index contributed by atoms with van der Waals surface area (Å²) in [7, 11) is -1.99. The summed E-state index contributed by atoms with van der Waals surface area (Å²) < 4.78 is 77.9. The molecule has 1 saturated heterocycles. The number of sulfonamides is 1. The van der Waals surface area contributed by atoms with E-state index >= 15 is 0 Å². The third-order valence-electron chi connectivity index (χ3n) is 5.31. The van der Waals surface area contributed by atoms with Crippen molar-refractivity contribution in [2.24, 2.45) is 0 Å². The summed E-state index contributed by atoms with van der Waals surface area (Å²) in [6.07, 6.45) is -3.20. The van der Waals surface area contributed by atoms with Crippen LogP contribution in [0.15, 0.2) is 59.6 Å². The van der Waals surface area contributed by atoms with E-state index in [9.17, 15) is 21.6 Å². The fourth-order valence-corrected chi connectivity index (χ4v) is 4.91. The lowest BCUT2D eigenvalue weighted by atomic mass is 10.3. The fraction of sp³-hybridized carbons (Fsp3) is 0.261. The molecule has 0 radical (unpaired) electrons. The van der Waals surface area contributed by atoms with Crippen LogP contribution in [0.2, 0.25) is 10.0 Å². The second-order valence-electron chi connectivity index (χ2n) is 8.12. The van der Waals surface area contributed by atoms with Crippen LogP contribution in [0.3, 0.4) is 0 Å². The number of anilines is 1. The van der Waals surface area contributed by atoms with Gasteiger partial charge in [-0.3, -0.25) is 4.72 Å². The molecular weight excluding hydrogens is 542 g/mol. The molecule has 3 aromatic rings. The minimum absolute atomic E-state index is 0.0421. The lowest BCUT2D eigenvalue weighted by Crippen LogP contribution is -2.21. The molecule has 0 aliphatic carbocycles. The number of pyridine rings is 1. The Hall–Kier alpha value is -2.73. The van der Waals surface area contributed by atoms with Gasteiger partial charge in [-0.15, -0.1) is 0 Å². The second kappa shape index (κ2) is 10.3. The minimum Gasteiger partial charge on any atom is -0.487 e. The van der Waals surface area contributed by atoms with E-state index in [1.54, 1.807) is 6.07 Å². The van der Waals surface area contributed by atoms with Crippen LogP contribution >= 0.6 is 23.2 Å². The zero-order valence-electron chi connectivity index (χ0n) is 18.7. The number of alkyl halides is 3. The second-order valence-corrected chi connectivity index (χ2v) is 10.6. The average molecular weight is 562 g/mol. The first kappa shape index (κ1) is 26.3. The zero-order chi connectivity index (χ0) is 26.1. The molecule has 0 unspecified atom stereocenters. The summed E-state index contributed by atoms with van der Waals surface area (Å²) in [5, 5.41) is 0.0257. The van der Waals surface area contributed by atoms with Gasteiger partial charge in [0, 0.05) is 25.4 Å². The van der Waals surface area contributed by atoms with Gasteiger partial charge in [0.2, 0.25) is 5.88 Å². The van der Waals surface area contributed by atoms with Crippen LogP contribution in [0.4, 0.5) is 18.9 Å². The maximum atomic E-state index is 12.9. The van der Waals surface area contributed by atoms with E-state index in [4.69, 9.17) is 32.7 Å². The molecular formula is C23H20Cl2F3N3O4S. The molecule has 1 aromatic heterocycles. The van der Waals surface area contributed by atoms with E-state index in [2.05, 4.69) is 14.6 Å². The molecule has 1 fully saturated rings. The number of likely N-dealkylation sites (N-methyl/N-ethyl adjacent to an activating group) is 1. The minimum atomic E-state index is -4.59. The Kier molecular flexibility index (Phi) is 7.56. The van der Waals surface area contributed by atoms with Gasteiger partial charge in [0.15, 0.2) is 0 Å². The van der Waals surface area contributed by atoms with Crippen molar-refractivity contribution in [3.05, 3.63) is 70.3 Å². The Morgan fingerprint density at radius 2 is 1.81 bits per heavy atom. The van der Waals surface area contributed by atoms with Crippen molar-refractivity contribution < 1.29 is 31.1 Å². The van der Waals surface area contributed by atoms with Gasteiger partial charge in [-0.25, -0.2) is 13.4 Å². The van der Waals surface area contributed by atoms with Crippen molar-refractivity contribution in [2.75, 3.05) is 24.9 Å². The van der Waals surface area contributed by atoms with Crippen molar-refractivity contribution in [1.82, 2.24) is 9.88 Å². The van der Waals surface area contributed by atoms with Crippen molar-refractivity contribution in [3.63, 3.8) is 0 Å². The van der Waals surface area contributed by atoms with E-state index < -0.39 is 21.8 Å². The molecule has 1 atom stereocenters. The number of halogens is 5. The molecule has 0 amide bonds. The molecule has 1 aliphatic heterocycles. The number of ether oxygens (including phenoxy) is 2. The summed E-state index contributed by atoms with van der Waals surface area (Å²) in [5.74, 6) is 0.259. The van der Waals surface area contributed by atoms with E-state index in [-0.39, 0.29) is 33.3 Å². The predicted molar refractivity (Wildman–Crippen MR) is 130 cm³/mol. The van der Waals surface area contributed by atoms with E-state index in [0.717, 1.165) is 19.5 Å². The van der Waals surface area contributed by atoms with E-state index in [1.165, 1.54) is 36.4 Å². The molecule has 7 nitrogen and oxygen atoms in total. The Labute approximate surface area is 215 Å². The molecule has 0 spiro atoms. The van der Waals surface area contributed by atoms with Gasteiger partial charge >= 0.3 is 6.18 Å². The van der Waals surface area contributed by atoms with Gasteiger partial charge in [-0.05, 0) is 55.9 Å². The first-order chi connectivity index (χ1) is 16.9. The summed E-state index contributed by atoms with van der Waals surface area (Å²) in [6, 6.07) is 10.5. The number of likely N-dealkylation sites (tertiary alicyclic amines) is 1. The van der Waals surface area contributed by atoms with Gasteiger partial charge in [-0.1, -0.05) is 23.2 Å². The van der Waals surface area contributed by atoms with Crippen LogP contribution in [0, 0.1) is 0 Å². The first-order valence-corrected chi connectivity index (χ1v) is 12.8. The molecule has 1 aliphatic rings. The summed E-state index contributed by atoms with van der Waals surface area (Å²) >= 11 is 12.1. The number of aromatic nitrogens is 1. The molecule has 0 saturated carbocycles.